The normalized spacial score (nSPS) is 14.1. The van der Waals surface area contributed by atoms with E-state index in [4.69, 9.17) is 16.7 Å². The molecule has 0 saturated carbocycles. The van der Waals surface area contributed by atoms with Gasteiger partial charge in [-0.2, -0.15) is 5.10 Å². The maximum absolute atomic E-state index is 13.1. The summed E-state index contributed by atoms with van der Waals surface area (Å²) in [5.74, 6) is 0.777. The standard InChI is InChI=1S/C23H27ClN6O/c1-23(2,3)18-13-19(30(28-18)15-16-9-5-4-6-10-16)26-21(31)20-17(24)14-25-22(27-20)29-11-7-8-12-29/h4-6,9-10,13-14H,7-8,11-12,15H2,1-3H3,(H,26,31). The van der Waals surface area contributed by atoms with Gasteiger partial charge in [0.1, 0.15) is 5.82 Å². The van der Waals surface area contributed by atoms with Crippen molar-refractivity contribution in [3.05, 3.63) is 64.6 Å². The number of hydrogen-bond donors (Lipinski definition) is 1. The number of carbonyl (C=O) groups excluding carboxylic acids is 1. The highest BCUT2D eigenvalue weighted by Crippen LogP contribution is 2.26. The number of hydrogen-bond acceptors (Lipinski definition) is 5. The Balaban J connectivity index is 1.63. The van der Waals surface area contributed by atoms with Crippen molar-refractivity contribution >= 4 is 29.3 Å². The van der Waals surface area contributed by atoms with Crippen LogP contribution in [0.25, 0.3) is 0 Å². The van der Waals surface area contributed by atoms with Crippen molar-refractivity contribution in [2.24, 2.45) is 0 Å². The van der Waals surface area contributed by atoms with E-state index in [9.17, 15) is 4.79 Å². The fraction of sp³-hybridized carbons (Fsp3) is 0.391. The van der Waals surface area contributed by atoms with Gasteiger partial charge in [0.05, 0.1) is 23.5 Å². The molecule has 0 radical (unpaired) electrons. The van der Waals surface area contributed by atoms with E-state index in [1.807, 2.05) is 41.1 Å². The van der Waals surface area contributed by atoms with Gasteiger partial charge in [-0.05, 0) is 18.4 Å². The van der Waals surface area contributed by atoms with Crippen LogP contribution < -0.4 is 10.2 Å². The van der Waals surface area contributed by atoms with Crippen LogP contribution >= 0.6 is 11.6 Å². The molecule has 4 rings (SSSR count). The van der Waals surface area contributed by atoms with Crippen molar-refractivity contribution in [1.82, 2.24) is 19.7 Å². The van der Waals surface area contributed by atoms with Gasteiger partial charge in [-0.1, -0.05) is 62.7 Å². The first-order valence-corrected chi connectivity index (χ1v) is 10.9. The summed E-state index contributed by atoms with van der Waals surface area (Å²) >= 11 is 6.28. The smallest absolute Gasteiger partial charge is 0.277 e. The van der Waals surface area contributed by atoms with Gasteiger partial charge in [0.2, 0.25) is 5.95 Å². The molecule has 0 aliphatic carbocycles. The number of nitrogens with zero attached hydrogens (tertiary/aromatic N) is 5. The highest BCUT2D eigenvalue weighted by molar-refractivity contribution is 6.34. The van der Waals surface area contributed by atoms with E-state index in [1.54, 1.807) is 0 Å². The van der Waals surface area contributed by atoms with Crippen molar-refractivity contribution < 1.29 is 4.79 Å². The number of rotatable bonds is 5. The Morgan fingerprint density at radius 3 is 2.55 bits per heavy atom. The summed E-state index contributed by atoms with van der Waals surface area (Å²) in [6.45, 7) is 8.61. The molecule has 1 N–H and O–H groups in total. The van der Waals surface area contributed by atoms with Crippen molar-refractivity contribution in [3.8, 4) is 0 Å². The van der Waals surface area contributed by atoms with Gasteiger partial charge in [0.15, 0.2) is 5.69 Å². The van der Waals surface area contributed by atoms with Crippen molar-refractivity contribution in [3.63, 3.8) is 0 Å². The second kappa shape index (κ2) is 8.67. The van der Waals surface area contributed by atoms with Gasteiger partial charge < -0.3 is 10.2 Å². The van der Waals surface area contributed by atoms with Crippen LogP contribution in [0, 0.1) is 0 Å². The van der Waals surface area contributed by atoms with Crippen LogP contribution in [0.15, 0.2) is 42.6 Å². The van der Waals surface area contributed by atoms with Crippen LogP contribution in [0.3, 0.4) is 0 Å². The summed E-state index contributed by atoms with van der Waals surface area (Å²) in [7, 11) is 0. The van der Waals surface area contributed by atoms with Gasteiger partial charge in [-0.3, -0.25) is 4.79 Å². The lowest BCUT2D eigenvalue weighted by Crippen LogP contribution is -2.23. The number of carbonyl (C=O) groups is 1. The minimum atomic E-state index is -0.373. The molecule has 31 heavy (non-hydrogen) atoms. The Hall–Kier alpha value is -2.93. The van der Waals surface area contributed by atoms with E-state index in [0.717, 1.165) is 37.2 Å². The zero-order valence-corrected chi connectivity index (χ0v) is 18.9. The third-order valence-electron chi connectivity index (χ3n) is 5.30. The van der Waals surface area contributed by atoms with Crippen molar-refractivity contribution in [2.45, 2.75) is 45.6 Å². The summed E-state index contributed by atoms with van der Waals surface area (Å²) in [4.78, 5) is 24.0. The number of nitrogens with one attached hydrogen (secondary N) is 1. The molecule has 0 spiro atoms. The van der Waals surface area contributed by atoms with Crippen LogP contribution in [-0.2, 0) is 12.0 Å². The maximum atomic E-state index is 13.1. The molecule has 1 saturated heterocycles. The Morgan fingerprint density at radius 1 is 1.16 bits per heavy atom. The number of benzene rings is 1. The highest BCUT2D eigenvalue weighted by Gasteiger charge is 2.23. The van der Waals surface area contributed by atoms with Gasteiger partial charge in [-0.15, -0.1) is 0 Å². The molecular formula is C23H27ClN6O. The molecule has 7 nitrogen and oxygen atoms in total. The molecule has 1 fully saturated rings. The van der Waals surface area contributed by atoms with Gasteiger partial charge in [0.25, 0.3) is 5.91 Å². The number of anilines is 2. The first kappa shape index (κ1) is 21.3. The summed E-state index contributed by atoms with van der Waals surface area (Å²) < 4.78 is 1.81. The van der Waals surface area contributed by atoms with Crippen LogP contribution in [-0.4, -0.2) is 38.7 Å². The van der Waals surface area contributed by atoms with Gasteiger partial charge >= 0.3 is 0 Å². The molecule has 3 aromatic rings. The summed E-state index contributed by atoms with van der Waals surface area (Å²) in [6, 6.07) is 11.9. The molecule has 1 amide bonds. The molecule has 2 aromatic heterocycles. The zero-order chi connectivity index (χ0) is 22.0. The predicted octanol–water partition coefficient (Wildman–Crippen LogP) is 4.52. The Labute approximate surface area is 187 Å². The fourth-order valence-electron chi connectivity index (χ4n) is 3.52. The third kappa shape index (κ3) is 4.88. The average Bonchev–Trinajstić information content (AvgIpc) is 3.40. The fourth-order valence-corrected chi connectivity index (χ4v) is 3.70. The van der Waals surface area contributed by atoms with E-state index >= 15 is 0 Å². The summed E-state index contributed by atoms with van der Waals surface area (Å²) in [5, 5.41) is 7.95. The third-order valence-corrected chi connectivity index (χ3v) is 5.58. The Kier molecular flexibility index (Phi) is 5.96. The topological polar surface area (TPSA) is 75.9 Å². The first-order chi connectivity index (χ1) is 14.8. The Bertz CT molecular complexity index is 1070. The average molecular weight is 439 g/mol. The lowest BCUT2D eigenvalue weighted by molar-refractivity contribution is 0.102. The van der Waals surface area contributed by atoms with Crippen molar-refractivity contribution in [1.29, 1.82) is 0 Å². The van der Waals surface area contributed by atoms with Crippen LogP contribution in [0.5, 0.6) is 0 Å². The highest BCUT2D eigenvalue weighted by atomic mass is 35.5. The van der Waals surface area contributed by atoms with Crippen LogP contribution in [0.2, 0.25) is 5.02 Å². The van der Waals surface area contributed by atoms with E-state index < -0.39 is 0 Å². The second-order valence-electron chi connectivity index (χ2n) is 8.82. The molecule has 3 heterocycles. The van der Waals surface area contributed by atoms with Gasteiger partial charge in [0, 0.05) is 24.6 Å². The molecule has 8 heteroatoms. The molecular weight excluding hydrogens is 412 g/mol. The predicted molar refractivity (Wildman–Crippen MR) is 123 cm³/mol. The minimum absolute atomic E-state index is 0.156. The van der Waals surface area contributed by atoms with E-state index in [-0.39, 0.29) is 22.0 Å². The molecule has 162 valence electrons. The maximum Gasteiger partial charge on any atom is 0.277 e. The number of amides is 1. The lowest BCUT2D eigenvalue weighted by Gasteiger charge is -2.16. The molecule has 1 aliphatic heterocycles. The number of aromatic nitrogens is 4. The largest absolute Gasteiger partial charge is 0.341 e. The zero-order valence-electron chi connectivity index (χ0n) is 18.1. The number of halogens is 1. The lowest BCUT2D eigenvalue weighted by atomic mass is 9.92. The summed E-state index contributed by atoms with van der Waals surface area (Å²) in [6.07, 6.45) is 3.70. The monoisotopic (exact) mass is 438 g/mol. The SMILES string of the molecule is CC(C)(C)c1cc(NC(=O)c2nc(N3CCCC3)ncc2Cl)n(Cc2ccccc2)n1. The van der Waals surface area contributed by atoms with Crippen LogP contribution in [0.1, 0.15) is 55.4 Å². The van der Waals surface area contributed by atoms with E-state index in [2.05, 4.69) is 41.0 Å². The molecule has 1 aliphatic rings. The molecule has 1 aromatic carbocycles. The van der Waals surface area contributed by atoms with Crippen molar-refractivity contribution in [2.75, 3.05) is 23.3 Å². The van der Waals surface area contributed by atoms with Crippen LogP contribution in [0.4, 0.5) is 11.8 Å². The van der Waals surface area contributed by atoms with E-state index in [1.165, 1.54) is 6.20 Å². The van der Waals surface area contributed by atoms with E-state index in [0.29, 0.717) is 18.3 Å². The quantitative estimate of drug-likeness (QED) is 0.633. The molecule has 0 unspecified atom stereocenters. The Morgan fingerprint density at radius 2 is 1.87 bits per heavy atom. The molecule has 0 atom stereocenters. The minimum Gasteiger partial charge on any atom is -0.341 e. The van der Waals surface area contributed by atoms with Gasteiger partial charge in [-0.25, -0.2) is 14.6 Å². The first-order valence-electron chi connectivity index (χ1n) is 10.5. The summed E-state index contributed by atoms with van der Waals surface area (Å²) in [5.41, 5.74) is 2.00. The second-order valence-corrected chi connectivity index (χ2v) is 9.23. The molecule has 0 bridgehead atoms.